The molecule has 0 saturated carbocycles. The van der Waals surface area contributed by atoms with Crippen molar-refractivity contribution in [2.75, 3.05) is 32.1 Å². The van der Waals surface area contributed by atoms with Gasteiger partial charge in [-0.05, 0) is 43.1 Å². The maximum absolute atomic E-state index is 5.29. The van der Waals surface area contributed by atoms with E-state index in [0.29, 0.717) is 5.54 Å². The number of likely N-dealkylation sites (N-methyl/N-ethyl adjacent to an activating group) is 1. The number of nitrogens with one attached hydrogen (secondary N) is 1. The van der Waals surface area contributed by atoms with E-state index in [-0.39, 0.29) is 0 Å². The molecule has 3 nitrogen and oxygen atoms in total. The highest BCUT2D eigenvalue weighted by Crippen LogP contribution is 2.42. The van der Waals surface area contributed by atoms with E-state index >= 15 is 0 Å². The number of fused-ring (bicyclic) bond motifs is 1. The van der Waals surface area contributed by atoms with Gasteiger partial charge in [-0.3, -0.25) is 0 Å². The molecule has 0 amide bonds. The summed E-state index contributed by atoms with van der Waals surface area (Å²) in [5.74, 6) is 0.968. The maximum Gasteiger partial charge on any atom is 0.119 e. The number of rotatable bonds is 1. The molecule has 1 aromatic carbocycles. The third-order valence-electron chi connectivity index (χ3n) is 4.10. The lowest BCUT2D eigenvalue weighted by Gasteiger charge is -2.33. The number of ether oxygens (including phenoxy) is 1. The van der Waals surface area contributed by atoms with Crippen molar-refractivity contribution < 1.29 is 4.74 Å². The first-order chi connectivity index (χ1) is 7.75. The number of nitrogens with zero attached hydrogens (tertiary/aromatic N) is 1. The van der Waals surface area contributed by atoms with Crippen molar-refractivity contribution >= 4 is 5.69 Å². The van der Waals surface area contributed by atoms with Gasteiger partial charge < -0.3 is 15.0 Å². The maximum atomic E-state index is 5.29. The second-order valence-electron chi connectivity index (χ2n) is 4.88. The molecule has 16 heavy (non-hydrogen) atoms. The standard InChI is InChI=1S/C13H18N2O/c1-15-12-4-3-11(16-2)7-10(12)8-13(15)5-6-14-9-13/h3-4,7,14H,5-6,8-9H2,1-2H3. The summed E-state index contributed by atoms with van der Waals surface area (Å²) in [4.78, 5) is 2.45. The van der Waals surface area contributed by atoms with Crippen molar-refractivity contribution in [3.63, 3.8) is 0 Å². The molecule has 1 fully saturated rings. The fourth-order valence-corrected chi connectivity index (χ4v) is 3.05. The molecule has 86 valence electrons. The predicted octanol–water partition coefficient (Wildman–Crippen LogP) is 1.42. The van der Waals surface area contributed by atoms with Gasteiger partial charge in [0.15, 0.2) is 0 Å². The molecule has 0 radical (unpaired) electrons. The SMILES string of the molecule is COc1ccc2c(c1)CC1(CCNC1)N2C. The summed E-state index contributed by atoms with van der Waals surface area (Å²) < 4.78 is 5.29. The van der Waals surface area contributed by atoms with Gasteiger partial charge in [-0.25, -0.2) is 0 Å². The third kappa shape index (κ3) is 1.24. The van der Waals surface area contributed by atoms with Crippen LogP contribution in [0.3, 0.4) is 0 Å². The summed E-state index contributed by atoms with van der Waals surface area (Å²) in [6.07, 6.45) is 2.38. The molecule has 1 aromatic rings. The van der Waals surface area contributed by atoms with Gasteiger partial charge in [-0.1, -0.05) is 0 Å². The van der Waals surface area contributed by atoms with Crippen LogP contribution in [0.5, 0.6) is 5.75 Å². The van der Waals surface area contributed by atoms with Gasteiger partial charge in [0.25, 0.3) is 0 Å². The zero-order chi connectivity index (χ0) is 11.2. The first kappa shape index (κ1) is 9.97. The molecule has 2 aliphatic rings. The molecule has 1 N–H and O–H groups in total. The number of anilines is 1. The summed E-state index contributed by atoms with van der Waals surface area (Å²) in [5, 5.41) is 3.48. The van der Waals surface area contributed by atoms with E-state index in [1.54, 1.807) is 7.11 Å². The van der Waals surface area contributed by atoms with Crippen LogP contribution < -0.4 is 15.0 Å². The Bertz CT molecular complexity index is 410. The first-order valence-corrected chi connectivity index (χ1v) is 5.87. The number of hydrogen-bond acceptors (Lipinski definition) is 3. The van der Waals surface area contributed by atoms with Crippen LogP contribution in [0, 0.1) is 0 Å². The van der Waals surface area contributed by atoms with Crippen molar-refractivity contribution in [3.8, 4) is 5.75 Å². The van der Waals surface area contributed by atoms with E-state index in [1.165, 1.54) is 17.7 Å². The minimum Gasteiger partial charge on any atom is -0.497 e. The topological polar surface area (TPSA) is 24.5 Å². The highest BCUT2D eigenvalue weighted by atomic mass is 16.5. The molecule has 3 heteroatoms. The molecule has 1 atom stereocenters. The summed E-state index contributed by atoms with van der Waals surface area (Å²) in [6.45, 7) is 2.23. The Morgan fingerprint density at radius 2 is 2.31 bits per heavy atom. The van der Waals surface area contributed by atoms with Gasteiger partial charge in [0.1, 0.15) is 5.75 Å². The second kappa shape index (κ2) is 3.39. The van der Waals surface area contributed by atoms with Gasteiger partial charge in [0.2, 0.25) is 0 Å². The zero-order valence-corrected chi connectivity index (χ0v) is 9.92. The van der Waals surface area contributed by atoms with Crippen LogP contribution in [0.2, 0.25) is 0 Å². The van der Waals surface area contributed by atoms with E-state index < -0.39 is 0 Å². The summed E-state index contributed by atoms with van der Waals surface area (Å²) in [7, 11) is 3.94. The average molecular weight is 218 g/mol. The van der Waals surface area contributed by atoms with Crippen LogP contribution in [0.4, 0.5) is 5.69 Å². The second-order valence-corrected chi connectivity index (χ2v) is 4.88. The Morgan fingerprint density at radius 1 is 1.44 bits per heavy atom. The van der Waals surface area contributed by atoms with Crippen LogP contribution in [0.1, 0.15) is 12.0 Å². The van der Waals surface area contributed by atoms with Gasteiger partial charge in [-0.15, -0.1) is 0 Å². The van der Waals surface area contributed by atoms with E-state index in [1.807, 2.05) is 0 Å². The van der Waals surface area contributed by atoms with Crippen LogP contribution in [-0.2, 0) is 6.42 Å². The van der Waals surface area contributed by atoms with Crippen molar-refractivity contribution in [1.29, 1.82) is 0 Å². The fourth-order valence-electron chi connectivity index (χ4n) is 3.05. The van der Waals surface area contributed by atoms with Crippen molar-refractivity contribution in [2.45, 2.75) is 18.4 Å². The van der Waals surface area contributed by atoms with Crippen LogP contribution in [-0.4, -0.2) is 32.8 Å². The predicted molar refractivity (Wildman–Crippen MR) is 65.3 cm³/mol. The third-order valence-corrected chi connectivity index (χ3v) is 4.10. The summed E-state index contributed by atoms with van der Waals surface area (Å²) >= 11 is 0. The summed E-state index contributed by atoms with van der Waals surface area (Å²) in [5.41, 5.74) is 3.10. The molecule has 3 rings (SSSR count). The van der Waals surface area contributed by atoms with Crippen molar-refractivity contribution in [1.82, 2.24) is 5.32 Å². The Labute approximate surface area is 96.4 Å². The van der Waals surface area contributed by atoms with Crippen molar-refractivity contribution in [2.24, 2.45) is 0 Å². The van der Waals surface area contributed by atoms with E-state index in [0.717, 1.165) is 25.3 Å². The Morgan fingerprint density at radius 3 is 3.00 bits per heavy atom. The Balaban J connectivity index is 2.00. The first-order valence-electron chi connectivity index (χ1n) is 5.87. The monoisotopic (exact) mass is 218 g/mol. The molecular formula is C13H18N2O. The van der Waals surface area contributed by atoms with Crippen LogP contribution in [0.15, 0.2) is 18.2 Å². The fraction of sp³-hybridized carbons (Fsp3) is 0.538. The highest BCUT2D eigenvalue weighted by molar-refractivity contribution is 5.63. The number of benzene rings is 1. The molecule has 1 spiro atoms. The Kier molecular flexibility index (Phi) is 2.11. The van der Waals surface area contributed by atoms with Crippen LogP contribution >= 0.6 is 0 Å². The van der Waals surface area contributed by atoms with Gasteiger partial charge in [0.05, 0.1) is 12.6 Å². The minimum absolute atomic E-state index is 0.314. The molecular weight excluding hydrogens is 200 g/mol. The van der Waals surface area contributed by atoms with Gasteiger partial charge >= 0.3 is 0 Å². The van der Waals surface area contributed by atoms with Crippen molar-refractivity contribution in [3.05, 3.63) is 23.8 Å². The number of methoxy groups -OCH3 is 1. The van der Waals surface area contributed by atoms with Crippen LogP contribution in [0.25, 0.3) is 0 Å². The zero-order valence-electron chi connectivity index (χ0n) is 9.92. The Hall–Kier alpha value is -1.22. The quantitative estimate of drug-likeness (QED) is 0.771. The van der Waals surface area contributed by atoms with E-state index in [2.05, 4.69) is 35.5 Å². The number of hydrogen-bond donors (Lipinski definition) is 1. The van der Waals surface area contributed by atoms with Gasteiger partial charge in [-0.2, -0.15) is 0 Å². The lowest BCUT2D eigenvalue weighted by molar-refractivity contribution is 0.414. The lowest BCUT2D eigenvalue weighted by Crippen LogP contribution is -2.46. The molecule has 0 bridgehead atoms. The summed E-state index contributed by atoms with van der Waals surface area (Å²) in [6, 6.07) is 6.41. The molecule has 1 unspecified atom stereocenters. The molecule has 0 aromatic heterocycles. The van der Waals surface area contributed by atoms with E-state index in [4.69, 9.17) is 4.74 Å². The lowest BCUT2D eigenvalue weighted by atomic mass is 9.93. The molecule has 2 aliphatic heterocycles. The normalized spacial score (nSPS) is 27.5. The smallest absolute Gasteiger partial charge is 0.119 e. The largest absolute Gasteiger partial charge is 0.497 e. The minimum atomic E-state index is 0.314. The molecule has 1 saturated heterocycles. The molecule has 2 heterocycles. The highest BCUT2D eigenvalue weighted by Gasteiger charge is 2.43. The molecule has 0 aliphatic carbocycles. The van der Waals surface area contributed by atoms with Gasteiger partial charge in [0, 0.05) is 19.3 Å². The van der Waals surface area contributed by atoms with E-state index in [9.17, 15) is 0 Å². The average Bonchev–Trinajstić information content (AvgIpc) is 2.87.